The number of aromatic nitrogens is 4. The number of rotatable bonds is 10. The fourth-order valence-corrected chi connectivity index (χ4v) is 4.74. The average molecular weight is 463 g/mol. The molecule has 0 spiro atoms. The Kier molecular flexibility index (Phi) is 6.20. The number of carbonyl (C=O) groups excluding carboxylic acids is 1. The summed E-state index contributed by atoms with van der Waals surface area (Å²) in [5.41, 5.74) is 2.80. The summed E-state index contributed by atoms with van der Waals surface area (Å²) < 4.78 is 7.91. The third-order valence-corrected chi connectivity index (χ3v) is 6.84. The van der Waals surface area contributed by atoms with Crippen LogP contribution < -0.4 is 4.74 Å². The molecule has 1 aliphatic rings. The second kappa shape index (κ2) is 9.41. The van der Waals surface area contributed by atoms with Crippen molar-refractivity contribution in [1.29, 1.82) is 0 Å². The van der Waals surface area contributed by atoms with E-state index in [0.29, 0.717) is 29.5 Å². The molecule has 0 aliphatic heterocycles. The Morgan fingerprint density at radius 1 is 1.21 bits per heavy atom. The molecule has 33 heavy (non-hydrogen) atoms. The molecule has 1 unspecified atom stereocenters. The molecule has 2 N–H and O–H groups in total. The first kappa shape index (κ1) is 21.7. The van der Waals surface area contributed by atoms with Crippen molar-refractivity contribution in [2.75, 3.05) is 12.4 Å². The van der Waals surface area contributed by atoms with Gasteiger partial charge in [0.2, 0.25) is 0 Å². The number of Topliss-reactive ketones (excluding diaryl/α,β-unsaturated/α-hetero) is 1. The van der Waals surface area contributed by atoms with Crippen LogP contribution in [0.4, 0.5) is 0 Å². The van der Waals surface area contributed by atoms with Gasteiger partial charge < -0.3 is 14.8 Å². The summed E-state index contributed by atoms with van der Waals surface area (Å²) in [6.07, 6.45) is 4.04. The van der Waals surface area contributed by atoms with Crippen LogP contribution >= 0.6 is 11.8 Å². The maximum Gasteiger partial charge on any atom is 0.191 e. The molecule has 1 saturated carbocycles. The molecule has 5 rings (SSSR count). The van der Waals surface area contributed by atoms with Gasteiger partial charge in [0.05, 0.1) is 6.10 Å². The lowest BCUT2D eigenvalue weighted by Crippen LogP contribution is -2.20. The van der Waals surface area contributed by atoms with E-state index in [1.54, 1.807) is 24.3 Å². The lowest BCUT2D eigenvalue weighted by molar-refractivity contribution is 0.0987. The molecule has 0 bridgehead atoms. The normalized spacial score (nSPS) is 14.5. The van der Waals surface area contributed by atoms with Crippen LogP contribution in [0.3, 0.4) is 0 Å². The van der Waals surface area contributed by atoms with Crippen LogP contribution in [0.2, 0.25) is 0 Å². The summed E-state index contributed by atoms with van der Waals surface area (Å²) in [4.78, 5) is 15.0. The molecule has 8 heteroatoms. The van der Waals surface area contributed by atoms with Crippen molar-refractivity contribution in [3.8, 4) is 17.1 Å². The minimum atomic E-state index is -0.659. The smallest absolute Gasteiger partial charge is 0.191 e. The van der Waals surface area contributed by atoms with E-state index in [1.807, 2.05) is 25.3 Å². The van der Waals surface area contributed by atoms with Crippen LogP contribution in [0.1, 0.15) is 42.6 Å². The molecule has 2 aromatic heterocycles. The number of hydrogen-bond donors (Lipinski definition) is 2. The maximum atomic E-state index is 11.7. The Hall–Kier alpha value is -3.10. The molecule has 2 heterocycles. The quantitative estimate of drug-likeness (QED) is 0.258. The van der Waals surface area contributed by atoms with E-state index in [9.17, 15) is 9.90 Å². The zero-order valence-corrected chi connectivity index (χ0v) is 19.2. The summed E-state index contributed by atoms with van der Waals surface area (Å²) in [7, 11) is 0. The molecular weight excluding hydrogens is 436 g/mol. The number of nitrogens with zero attached hydrogens (tertiary/aromatic N) is 3. The molecule has 0 amide bonds. The van der Waals surface area contributed by atoms with Crippen LogP contribution in [0.5, 0.6) is 5.75 Å². The first-order chi connectivity index (χ1) is 16.1. The molecule has 4 aromatic rings. The van der Waals surface area contributed by atoms with Crippen LogP contribution in [0, 0.1) is 0 Å². The number of aliphatic hydroxyl groups is 1. The maximum absolute atomic E-state index is 11.7. The summed E-state index contributed by atoms with van der Waals surface area (Å²) in [5.74, 6) is 2.05. The van der Waals surface area contributed by atoms with Crippen LogP contribution in [-0.2, 0) is 0 Å². The lowest BCUT2D eigenvalue weighted by Gasteiger charge is -2.13. The van der Waals surface area contributed by atoms with Gasteiger partial charge in [-0.05, 0) is 43.2 Å². The number of H-pyrrole nitrogens is 1. The predicted molar refractivity (Wildman–Crippen MR) is 129 cm³/mol. The van der Waals surface area contributed by atoms with Crippen molar-refractivity contribution in [2.45, 2.75) is 43.5 Å². The number of para-hydroxylation sites is 1. The van der Waals surface area contributed by atoms with E-state index in [1.165, 1.54) is 11.8 Å². The van der Waals surface area contributed by atoms with E-state index in [4.69, 9.17) is 4.74 Å². The molecule has 1 aliphatic carbocycles. The minimum Gasteiger partial charge on any atom is -0.491 e. The van der Waals surface area contributed by atoms with Crippen LogP contribution in [0.15, 0.2) is 59.9 Å². The molecular formula is C25H26N4O3S. The highest BCUT2D eigenvalue weighted by molar-refractivity contribution is 7.99. The van der Waals surface area contributed by atoms with E-state index < -0.39 is 6.10 Å². The van der Waals surface area contributed by atoms with Crippen molar-refractivity contribution in [2.24, 2.45) is 0 Å². The van der Waals surface area contributed by atoms with Gasteiger partial charge in [0.25, 0.3) is 0 Å². The summed E-state index contributed by atoms with van der Waals surface area (Å²) in [6, 6.07) is 15.6. The van der Waals surface area contributed by atoms with Gasteiger partial charge in [0, 0.05) is 46.4 Å². The Morgan fingerprint density at radius 2 is 2.00 bits per heavy atom. The average Bonchev–Trinajstić information content (AvgIpc) is 3.46. The van der Waals surface area contributed by atoms with Gasteiger partial charge in [-0.3, -0.25) is 9.36 Å². The van der Waals surface area contributed by atoms with Gasteiger partial charge in [-0.15, -0.1) is 10.2 Å². The fourth-order valence-electron chi connectivity index (χ4n) is 3.83. The molecule has 170 valence electrons. The highest BCUT2D eigenvalue weighted by Gasteiger charge is 2.31. The van der Waals surface area contributed by atoms with Crippen molar-refractivity contribution in [3.05, 3.63) is 60.3 Å². The Morgan fingerprint density at radius 3 is 2.76 bits per heavy atom. The van der Waals surface area contributed by atoms with Gasteiger partial charge in [-0.2, -0.15) is 0 Å². The van der Waals surface area contributed by atoms with E-state index in [0.717, 1.165) is 40.3 Å². The third-order valence-electron chi connectivity index (χ3n) is 5.75. The zero-order chi connectivity index (χ0) is 22.8. The van der Waals surface area contributed by atoms with Gasteiger partial charge >= 0.3 is 0 Å². The largest absolute Gasteiger partial charge is 0.491 e. The molecule has 1 fully saturated rings. The summed E-state index contributed by atoms with van der Waals surface area (Å²) in [6.45, 7) is 2.01. The monoisotopic (exact) mass is 462 g/mol. The van der Waals surface area contributed by atoms with E-state index in [-0.39, 0.29) is 12.4 Å². The number of hydrogen-bond acceptors (Lipinski definition) is 6. The molecule has 2 aromatic carbocycles. The summed E-state index contributed by atoms with van der Waals surface area (Å²) in [5, 5.41) is 21.4. The number of carbonyl (C=O) groups is 1. The van der Waals surface area contributed by atoms with Gasteiger partial charge in [-0.1, -0.05) is 36.9 Å². The van der Waals surface area contributed by atoms with Gasteiger partial charge in [-0.25, -0.2) is 0 Å². The Balaban J connectivity index is 1.23. The van der Waals surface area contributed by atoms with Crippen molar-refractivity contribution in [3.63, 3.8) is 0 Å². The number of aromatic amines is 1. The van der Waals surface area contributed by atoms with Crippen molar-refractivity contribution in [1.82, 2.24) is 19.7 Å². The minimum absolute atomic E-state index is 0.102. The number of nitrogens with one attached hydrogen (secondary N) is 1. The highest BCUT2D eigenvalue weighted by Crippen LogP contribution is 2.42. The number of aliphatic hydroxyl groups excluding tert-OH is 1. The van der Waals surface area contributed by atoms with Crippen molar-refractivity contribution < 1.29 is 14.6 Å². The first-order valence-electron chi connectivity index (χ1n) is 11.2. The SMILES string of the molecule is CCC(=O)c1ccc(OCC(O)CSc2nnc(-c3c[nH]c4ccccc34)n2C2CC2)cc1. The van der Waals surface area contributed by atoms with Crippen molar-refractivity contribution >= 4 is 28.4 Å². The third kappa shape index (κ3) is 4.67. The predicted octanol–water partition coefficient (Wildman–Crippen LogP) is 4.89. The van der Waals surface area contributed by atoms with E-state index in [2.05, 4.69) is 31.9 Å². The topological polar surface area (TPSA) is 93.0 Å². The Labute approximate surface area is 196 Å². The number of thioether (sulfide) groups is 1. The first-order valence-corrected chi connectivity index (χ1v) is 12.2. The molecule has 7 nitrogen and oxygen atoms in total. The number of fused-ring (bicyclic) bond motifs is 1. The number of ketones is 1. The number of ether oxygens (including phenoxy) is 1. The second-order valence-electron chi connectivity index (χ2n) is 8.23. The fraction of sp³-hybridized carbons (Fsp3) is 0.320. The second-order valence-corrected chi connectivity index (χ2v) is 9.22. The number of benzene rings is 2. The molecule has 0 saturated heterocycles. The summed E-state index contributed by atoms with van der Waals surface area (Å²) >= 11 is 1.50. The van der Waals surface area contributed by atoms with Crippen LogP contribution in [-0.4, -0.2) is 49.1 Å². The highest BCUT2D eigenvalue weighted by atomic mass is 32.2. The lowest BCUT2D eigenvalue weighted by atomic mass is 10.1. The standard InChI is InChI=1S/C25H26N4O3S/c1-2-23(31)16-7-11-19(12-8-16)32-14-18(30)15-33-25-28-27-24(29(25)17-9-10-17)21-13-26-22-6-4-3-5-20(21)22/h3-8,11-13,17-18,26,30H,2,9-10,14-15H2,1H3. The van der Waals surface area contributed by atoms with Gasteiger partial charge in [0.1, 0.15) is 12.4 Å². The van der Waals surface area contributed by atoms with Crippen LogP contribution in [0.25, 0.3) is 22.3 Å². The zero-order valence-electron chi connectivity index (χ0n) is 18.4. The van der Waals surface area contributed by atoms with E-state index >= 15 is 0 Å². The Bertz CT molecular complexity index is 1260. The van der Waals surface area contributed by atoms with Gasteiger partial charge in [0.15, 0.2) is 16.8 Å². The molecule has 1 atom stereocenters. The molecule has 0 radical (unpaired) electrons.